The van der Waals surface area contributed by atoms with E-state index >= 15 is 0 Å². The van der Waals surface area contributed by atoms with E-state index in [0.717, 1.165) is 36.1 Å². The number of amides is 1. The molecule has 1 unspecified atom stereocenters. The third kappa shape index (κ3) is 4.69. The molecule has 30 heavy (non-hydrogen) atoms. The lowest BCUT2D eigenvalue weighted by molar-refractivity contribution is -0.389. The van der Waals surface area contributed by atoms with Gasteiger partial charge in [0.1, 0.15) is 5.00 Å². The van der Waals surface area contributed by atoms with Gasteiger partial charge in [0.05, 0.1) is 41.0 Å². The smallest absolute Gasteiger partial charge is 0.390 e. The molecule has 10 heteroatoms. The zero-order valence-corrected chi connectivity index (χ0v) is 18.4. The number of carbonyl (C=O) groups is 2. The summed E-state index contributed by atoms with van der Waals surface area (Å²) in [4.78, 5) is 37.0. The number of fused-ring (bicyclic) bond motifs is 1. The van der Waals surface area contributed by atoms with Gasteiger partial charge in [-0.25, -0.2) is 4.79 Å². The quantitative estimate of drug-likeness (QED) is 0.402. The summed E-state index contributed by atoms with van der Waals surface area (Å²) in [6.07, 6.45) is 3.51. The third-order valence-corrected chi connectivity index (χ3v) is 6.21. The van der Waals surface area contributed by atoms with Crippen molar-refractivity contribution in [1.82, 2.24) is 9.78 Å². The molecule has 0 saturated carbocycles. The molecular formula is C20H26N4O5S. The van der Waals surface area contributed by atoms with Crippen molar-refractivity contribution in [1.29, 1.82) is 0 Å². The fourth-order valence-electron chi connectivity index (χ4n) is 3.49. The van der Waals surface area contributed by atoms with Crippen LogP contribution in [0.3, 0.4) is 0 Å². The molecule has 1 atom stereocenters. The van der Waals surface area contributed by atoms with Crippen LogP contribution >= 0.6 is 11.3 Å². The number of esters is 1. The van der Waals surface area contributed by atoms with Gasteiger partial charge in [-0.3, -0.25) is 4.79 Å². The van der Waals surface area contributed by atoms with Crippen LogP contribution in [-0.2, 0) is 28.9 Å². The average Bonchev–Trinajstić information content (AvgIpc) is 3.21. The van der Waals surface area contributed by atoms with Crippen molar-refractivity contribution in [3.63, 3.8) is 0 Å². The van der Waals surface area contributed by atoms with Crippen molar-refractivity contribution in [3.05, 3.63) is 37.9 Å². The fraction of sp³-hybridized carbons (Fsp3) is 0.550. The summed E-state index contributed by atoms with van der Waals surface area (Å²) in [5, 5.41) is 18.3. The topological polar surface area (TPSA) is 116 Å². The molecule has 1 amide bonds. The minimum Gasteiger partial charge on any atom is -0.459 e. The second kappa shape index (κ2) is 8.95. The average molecular weight is 435 g/mol. The van der Waals surface area contributed by atoms with Gasteiger partial charge in [0.25, 0.3) is 0 Å². The number of carbonyl (C=O) groups excluding carboxylic acids is 2. The molecule has 0 aliphatic heterocycles. The van der Waals surface area contributed by atoms with Crippen LogP contribution in [0.4, 0.5) is 10.8 Å². The lowest BCUT2D eigenvalue weighted by Gasteiger charge is -2.15. The molecule has 0 bridgehead atoms. The maximum Gasteiger partial charge on any atom is 0.390 e. The summed E-state index contributed by atoms with van der Waals surface area (Å²) >= 11 is 1.44. The number of ether oxygens (including phenoxy) is 1. The largest absolute Gasteiger partial charge is 0.459 e. The Morgan fingerprint density at radius 1 is 1.33 bits per heavy atom. The van der Waals surface area contributed by atoms with Crippen molar-refractivity contribution in [2.24, 2.45) is 5.92 Å². The van der Waals surface area contributed by atoms with Crippen LogP contribution in [0.1, 0.15) is 60.1 Å². The maximum atomic E-state index is 12.8. The Labute approximate surface area is 178 Å². The molecule has 2 aromatic rings. The zero-order valence-electron chi connectivity index (χ0n) is 17.6. The number of nitrogens with one attached hydrogen (secondary N) is 1. The van der Waals surface area contributed by atoms with Crippen molar-refractivity contribution >= 4 is 34.0 Å². The first-order valence-corrected chi connectivity index (χ1v) is 10.8. The van der Waals surface area contributed by atoms with Gasteiger partial charge in [-0.2, -0.15) is 4.68 Å². The highest BCUT2D eigenvalue weighted by atomic mass is 32.1. The third-order valence-electron chi connectivity index (χ3n) is 5.00. The van der Waals surface area contributed by atoms with E-state index < -0.39 is 16.8 Å². The van der Waals surface area contributed by atoms with Crippen molar-refractivity contribution < 1.29 is 19.2 Å². The molecule has 0 radical (unpaired) electrons. The van der Waals surface area contributed by atoms with E-state index in [1.807, 2.05) is 0 Å². The second-order valence-electron chi connectivity index (χ2n) is 7.84. The highest BCUT2D eigenvalue weighted by Crippen LogP contribution is 2.39. The Balaban J connectivity index is 1.79. The molecule has 1 aliphatic carbocycles. The van der Waals surface area contributed by atoms with Crippen LogP contribution in [0.15, 0.2) is 6.07 Å². The molecule has 1 aliphatic rings. The molecule has 0 spiro atoms. The highest BCUT2D eigenvalue weighted by molar-refractivity contribution is 7.17. The number of nitro groups is 1. The van der Waals surface area contributed by atoms with E-state index in [-0.39, 0.29) is 24.4 Å². The van der Waals surface area contributed by atoms with Crippen LogP contribution < -0.4 is 5.32 Å². The van der Waals surface area contributed by atoms with Crippen LogP contribution in [0.2, 0.25) is 0 Å². The monoisotopic (exact) mass is 434 g/mol. The van der Waals surface area contributed by atoms with Gasteiger partial charge in [-0.1, -0.05) is 6.92 Å². The molecule has 3 rings (SSSR count). The number of aromatic nitrogens is 2. The lowest BCUT2D eigenvalue weighted by Crippen LogP contribution is -2.26. The van der Waals surface area contributed by atoms with E-state index in [1.54, 1.807) is 27.7 Å². The summed E-state index contributed by atoms with van der Waals surface area (Å²) in [7, 11) is 0. The number of hydrogen-bond acceptors (Lipinski definition) is 7. The normalized spacial score (nSPS) is 14.3. The van der Waals surface area contributed by atoms with Crippen LogP contribution in [0, 0.1) is 23.0 Å². The molecule has 9 nitrogen and oxygen atoms in total. The molecule has 1 N–H and O–H groups in total. The minimum absolute atomic E-state index is 0.197. The summed E-state index contributed by atoms with van der Waals surface area (Å²) in [5.74, 6) is -1.43. The highest BCUT2D eigenvalue weighted by Gasteiger charge is 2.29. The number of hydrogen-bond donors (Lipinski definition) is 1. The van der Waals surface area contributed by atoms with Gasteiger partial charge in [-0.15, -0.1) is 11.3 Å². The Morgan fingerprint density at radius 3 is 2.67 bits per heavy atom. The minimum atomic E-state index is -0.559. The zero-order chi connectivity index (χ0) is 22.0. The van der Waals surface area contributed by atoms with Gasteiger partial charge in [0.2, 0.25) is 5.91 Å². The van der Waals surface area contributed by atoms with Crippen molar-refractivity contribution in [3.8, 4) is 0 Å². The molecule has 162 valence electrons. The first kappa shape index (κ1) is 21.9. The van der Waals surface area contributed by atoms with E-state index in [0.29, 0.717) is 16.3 Å². The number of anilines is 1. The number of rotatable bonds is 7. The Bertz CT molecular complexity index is 978. The van der Waals surface area contributed by atoms with Crippen molar-refractivity contribution in [2.75, 3.05) is 5.32 Å². The first-order valence-electron chi connectivity index (χ1n) is 10.0. The number of aryl methyl sites for hydroxylation is 2. The summed E-state index contributed by atoms with van der Waals surface area (Å²) in [5.41, 5.74) is 2.06. The standard InChI is InChI=1S/C20H26N4O5S/c1-11(2)29-20(26)17-14-7-5-6-8-15(14)30-19(17)21-18(25)12(3)10-23-13(4)9-16(22-23)24(27)28/h9,11-12H,5-8,10H2,1-4H3,(H,21,25). The Hall–Kier alpha value is -2.75. The molecule has 0 aromatic carbocycles. The van der Waals surface area contributed by atoms with Crippen molar-refractivity contribution in [2.45, 2.75) is 66.0 Å². The Kier molecular flexibility index (Phi) is 6.55. The summed E-state index contributed by atoms with van der Waals surface area (Å²) < 4.78 is 6.87. The lowest BCUT2D eigenvalue weighted by atomic mass is 9.95. The summed E-state index contributed by atoms with van der Waals surface area (Å²) in [6.45, 7) is 7.22. The molecular weight excluding hydrogens is 408 g/mol. The van der Waals surface area contributed by atoms with Crippen LogP contribution in [0.5, 0.6) is 0 Å². The maximum absolute atomic E-state index is 12.8. The van der Waals surface area contributed by atoms with E-state index in [4.69, 9.17) is 4.74 Å². The predicted molar refractivity (Wildman–Crippen MR) is 113 cm³/mol. The van der Waals surface area contributed by atoms with Gasteiger partial charge in [0, 0.05) is 4.88 Å². The number of thiophene rings is 1. The van der Waals surface area contributed by atoms with Gasteiger partial charge >= 0.3 is 11.8 Å². The molecule has 2 heterocycles. The van der Waals surface area contributed by atoms with E-state index in [9.17, 15) is 19.7 Å². The SMILES string of the molecule is Cc1cc([N+](=O)[O-])nn1CC(C)C(=O)Nc1sc2c(c1C(=O)OC(C)C)CCCC2. The summed E-state index contributed by atoms with van der Waals surface area (Å²) in [6, 6.07) is 1.37. The fourth-order valence-corrected chi connectivity index (χ4v) is 4.77. The van der Waals surface area contributed by atoms with Gasteiger partial charge in [-0.05, 0) is 56.9 Å². The molecule has 2 aromatic heterocycles. The number of nitrogens with zero attached hydrogens (tertiary/aromatic N) is 3. The Morgan fingerprint density at radius 2 is 2.03 bits per heavy atom. The van der Waals surface area contributed by atoms with Gasteiger partial charge in [0.15, 0.2) is 0 Å². The predicted octanol–water partition coefficient (Wildman–Crippen LogP) is 3.88. The first-order chi connectivity index (χ1) is 14.2. The van der Waals surface area contributed by atoms with Crippen LogP contribution in [-0.4, -0.2) is 32.7 Å². The molecule has 0 fully saturated rings. The van der Waals surface area contributed by atoms with Gasteiger partial charge < -0.3 is 20.2 Å². The van der Waals surface area contributed by atoms with E-state index in [2.05, 4.69) is 10.4 Å². The second-order valence-corrected chi connectivity index (χ2v) is 8.95. The molecule has 0 saturated heterocycles. The van der Waals surface area contributed by atoms with Crippen LogP contribution in [0.25, 0.3) is 0 Å². The van der Waals surface area contributed by atoms with E-state index in [1.165, 1.54) is 22.1 Å².